The van der Waals surface area contributed by atoms with Gasteiger partial charge in [-0.3, -0.25) is 0 Å². The van der Waals surface area contributed by atoms with Gasteiger partial charge in [-0.2, -0.15) is 0 Å². The van der Waals surface area contributed by atoms with Crippen LogP contribution >= 0.6 is 0 Å². The monoisotopic (exact) mass is 260 g/mol. The summed E-state index contributed by atoms with van der Waals surface area (Å²) in [5.41, 5.74) is 2.29. The number of phenolic OH excluding ortho intramolecular Hbond substituents is 1. The highest BCUT2D eigenvalue weighted by Crippen LogP contribution is 2.12. The Bertz CT molecular complexity index is 531. The van der Waals surface area contributed by atoms with E-state index in [2.05, 4.69) is 14.9 Å². The Hall–Kier alpha value is -2.01. The van der Waals surface area contributed by atoms with Gasteiger partial charge >= 0.3 is 0 Å². The van der Waals surface area contributed by atoms with E-state index >= 15 is 0 Å². The highest BCUT2D eigenvalue weighted by Gasteiger charge is 2.07. The Labute approximate surface area is 113 Å². The molecule has 1 aromatic heterocycles. The number of anilines is 1. The van der Waals surface area contributed by atoms with Crippen LogP contribution in [-0.4, -0.2) is 28.8 Å². The average Bonchev–Trinajstić information content (AvgIpc) is 2.74. The molecule has 0 unspecified atom stereocenters. The SMILES string of the molecule is CN(C)c1ncc(CNCc2ccc(O)cc2)n1C. The highest BCUT2D eigenvalue weighted by molar-refractivity contribution is 5.31. The van der Waals surface area contributed by atoms with Crippen molar-refractivity contribution in [1.29, 1.82) is 0 Å². The molecular formula is C14H20N4O. The van der Waals surface area contributed by atoms with Crippen molar-refractivity contribution in [3.63, 3.8) is 0 Å². The molecule has 2 aromatic rings. The first kappa shape index (κ1) is 13.4. The van der Waals surface area contributed by atoms with Gasteiger partial charge in [0.25, 0.3) is 0 Å². The van der Waals surface area contributed by atoms with Crippen LogP contribution in [0.25, 0.3) is 0 Å². The molecule has 19 heavy (non-hydrogen) atoms. The van der Waals surface area contributed by atoms with Crippen LogP contribution in [0, 0.1) is 0 Å². The van der Waals surface area contributed by atoms with Crippen LogP contribution in [0.2, 0.25) is 0 Å². The van der Waals surface area contributed by atoms with Gasteiger partial charge in [-0.1, -0.05) is 12.1 Å². The van der Waals surface area contributed by atoms with E-state index in [1.165, 1.54) is 0 Å². The summed E-state index contributed by atoms with van der Waals surface area (Å²) in [6.45, 7) is 1.53. The first-order valence-corrected chi connectivity index (χ1v) is 6.24. The number of aromatic nitrogens is 2. The van der Waals surface area contributed by atoms with Crippen LogP contribution in [0.15, 0.2) is 30.5 Å². The summed E-state index contributed by atoms with van der Waals surface area (Å²) in [6.07, 6.45) is 1.89. The molecule has 5 heteroatoms. The zero-order valence-corrected chi connectivity index (χ0v) is 11.6. The zero-order chi connectivity index (χ0) is 13.8. The van der Waals surface area contributed by atoms with Crippen molar-refractivity contribution < 1.29 is 5.11 Å². The predicted molar refractivity (Wildman–Crippen MR) is 76.2 cm³/mol. The summed E-state index contributed by atoms with van der Waals surface area (Å²) >= 11 is 0. The van der Waals surface area contributed by atoms with Gasteiger partial charge in [0.05, 0.1) is 11.9 Å². The number of benzene rings is 1. The summed E-state index contributed by atoms with van der Waals surface area (Å²) in [7, 11) is 5.98. The van der Waals surface area contributed by atoms with Gasteiger partial charge in [0.1, 0.15) is 5.75 Å². The number of imidazole rings is 1. The Morgan fingerprint density at radius 1 is 1.21 bits per heavy atom. The summed E-state index contributed by atoms with van der Waals surface area (Å²) in [6, 6.07) is 7.23. The molecule has 0 bridgehead atoms. The Balaban J connectivity index is 1.91. The maximum absolute atomic E-state index is 9.21. The fraction of sp³-hybridized carbons (Fsp3) is 0.357. The lowest BCUT2D eigenvalue weighted by Gasteiger charge is -2.13. The molecule has 0 radical (unpaired) electrons. The van der Waals surface area contributed by atoms with Gasteiger partial charge in [-0.15, -0.1) is 0 Å². The van der Waals surface area contributed by atoms with Gasteiger partial charge < -0.3 is 19.9 Å². The lowest BCUT2D eigenvalue weighted by atomic mass is 10.2. The molecule has 0 aliphatic carbocycles. The van der Waals surface area contributed by atoms with Gasteiger partial charge in [0.15, 0.2) is 0 Å². The maximum Gasteiger partial charge on any atom is 0.204 e. The number of rotatable bonds is 5. The molecule has 1 heterocycles. The Kier molecular flexibility index (Phi) is 4.06. The lowest BCUT2D eigenvalue weighted by Crippen LogP contribution is -2.18. The minimum Gasteiger partial charge on any atom is -0.508 e. The van der Waals surface area contributed by atoms with Gasteiger partial charge in [0, 0.05) is 34.2 Å². The van der Waals surface area contributed by atoms with E-state index in [0.29, 0.717) is 5.75 Å². The van der Waals surface area contributed by atoms with E-state index in [4.69, 9.17) is 0 Å². The molecule has 0 saturated heterocycles. The zero-order valence-electron chi connectivity index (χ0n) is 11.6. The van der Waals surface area contributed by atoms with Crippen molar-refractivity contribution in [2.75, 3.05) is 19.0 Å². The fourth-order valence-electron chi connectivity index (χ4n) is 1.96. The summed E-state index contributed by atoms with van der Waals surface area (Å²) in [5.74, 6) is 1.24. The molecule has 0 aliphatic heterocycles. The number of aromatic hydroxyl groups is 1. The number of nitrogens with one attached hydrogen (secondary N) is 1. The largest absolute Gasteiger partial charge is 0.508 e. The van der Waals surface area contributed by atoms with E-state index < -0.39 is 0 Å². The molecule has 102 valence electrons. The highest BCUT2D eigenvalue weighted by atomic mass is 16.3. The molecule has 0 saturated carbocycles. The van der Waals surface area contributed by atoms with Crippen LogP contribution in [-0.2, 0) is 20.1 Å². The van der Waals surface area contributed by atoms with Crippen LogP contribution in [0.1, 0.15) is 11.3 Å². The number of phenols is 1. The molecule has 0 amide bonds. The molecule has 0 fully saturated rings. The topological polar surface area (TPSA) is 53.3 Å². The van der Waals surface area contributed by atoms with Crippen LogP contribution in [0.3, 0.4) is 0 Å². The Morgan fingerprint density at radius 2 is 1.89 bits per heavy atom. The Morgan fingerprint density at radius 3 is 2.47 bits per heavy atom. The van der Waals surface area contributed by atoms with E-state index in [1.54, 1.807) is 12.1 Å². The van der Waals surface area contributed by atoms with Crippen molar-refractivity contribution in [3.8, 4) is 5.75 Å². The second-order valence-electron chi connectivity index (χ2n) is 4.77. The molecule has 0 atom stereocenters. The summed E-state index contributed by atoms with van der Waals surface area (Å²) < 4.78 is 2.07. The van der Waals surface area contributed by atoms with Crippen molar-refractivity contribution in [3.05, 3.63) is 41.7 Å². The summed E-state index contributed by atoms with van der Waals surface area (Å²) in [5, 5.41) is 12.6. The molecule has 0 aliphatic rings. The second kappa shape index (κ2) is 5.75. The maximum atomic E-state index is 9.21. The fourth-order valence-corrected chi connectivity index (χ4v) is 1.96. The molecule has 0 spiro atoms. The third-order valence-corrected chi connectivity index (χ3v) is 3.03. The molecule has 2 N–H and O–H groups in total. The summed E-state index contributed by atoms with van der Waals surface area (Å²) in [4.78, 5) is 6.36. The molecule has 5 nitrogen and oxygen atoms in total. The van der Waals surface area contributed by atoms with E-state index in [1.807, 2.05) is 44.4 Å². The van der Waals surface area contributed by atoms with Crippen LogP contribution < -0.4 is 10.2 Å². The third-order valence-electron chi connectivity index (χ3n) is 3.03. The van der Waals surface area contributed by atoms with E-state index in [9.17, 15) is 5.11 Å². The second-order valence-corrected chi connectivity index (χ2v) is 4.77. The minimum atomic E-state index is 0.297. The van der Waals surface area contributed by atoms with Crippen molar-refractivity contribution >= 4 is 5.95 Å². The number of nitrogens with zero attached hydrogens (tertiary/aromatic N) is 3. The van der Waals surface area contributed by atoms with Crippen LogP contribution in [0.5, 0.6) is 5.75 Å². The van der Waals surface area contributed by atoms with Crippen molar-refractivity contribution in [2.24, 2.45) is 7.05 Å². The minimum absolute atomic E-state index is 0.297. The standard InChI is InChI=1S/C14H20N4O/c1-17(2)14-16-10-12(18(14)3)9-15-8-11-4-6-13(19)7-5-11/h4-7,10,15,19H,8-9H2,1-3H3. The van der Waals surface area contributed by atoms with Gasteiger partial charge in [-0.25, -0.2) is 4.98 Å². The van der Waals surface area contributed by atoms with Crippen molar-refractivity contribution in [2.45, 2.75) is 13.1 Å². The number of hydrogen-bond donors (Lipinski definition) is 2. The first-order chi connectivity index (χ1) is 9.08. The molecule has 1 aromatic carbocycles. The average molecular weight is 260 g/mol. The van der Waals surface area contributed by atoms with E-state index in [-0.39, 0.29) is 0 Å². The lowest BCUT2D eigenvalue weighted by molar-refractivity contribution is 0.475. The quantitative estimate of drug-likeness (QED) is 0.855. The van der Waals surface area contributed by atoms with E-state index in [0.717, 1.165) is 30.3 Å². The van der Waals surface area contributed by atoms with Crippen molar-refractivity contribution in [1.82, 2.24) is 14.9 Å². The van der Waals surface area contributed by atoms with Crippen LogP contribution in [0.4, 0.5) is 5.95 Å². The smallest absolute Gasteiger partial charge is 0.204 e. The van der Waals surface area contributed by atoms with Gasteiger partial charge in [0.2, 0.25) is 5.95 Å². The number of hydrogen-bond acceptors (Lipinski definition) is 4. The predicted octanol–water partition coefficient (Wildman–Crippen LogP) is 1.48. The third kappa shape index (κ3) is 3.26. The molecule has 2 rings (SSSR count). The molecular weight excluding hydrogens is 240 g/mol. The van der Waals surface area contributed by atoms with Gasteiger partial charge in [-0.05, 0) is 17.7 Å². The first-order valence-electron chi connectivity index (χ1n) is 6.24. The normalized spacial score (nSPS) is 10.7.